The summed E-state index contributed by atoms with van der Waals surface area (Å²) in [5.74, 6) is -3.11. The number of ketones is 1. The Bertz CT molecular complexity index is 968. The van der Waals surface area contributed by atoms with E-state index in [-0.39, 0.29) is 28.8 Å². The molecule has 1 aliphatic heterocycles. The van der Waals surface area contributed by atoms with Gasteiger partial charge in [-0.3, -0.25) is 9.59 Å². The number of aryl methyl sites for hydroxylation is 1. The number of hydrogen-bond donors (Lipinski definition) is 1. The maximum atomic E-state index is 14.5. The summed E-state index contributed by atoms with van der Waals surface area (Å²) in [6, 6.07) is 8.73. The SMILES string of the molecule is CCCCN1C(=O)C(=O)/C(=C(/O)c2ccc(F)c(C)c2)C1c1ccccc1F. The highest BCUT2D eigenvalue weighted by molar-refractivity contribution is 6.46. The topological polar surface area (TPSA) is 57.6 Å². The maximum Gasteiger partial charge on any atom is 0.295 e. The number of halogens is 2. The molecule has 1 aliphatic rings. The number of Topliss-reactive ketones (excluding diaryl/α,β-unsaturated/α-hetero) is 1. The molecular weight excluding hydrogens is 364 g/mol. The molecule has 6 heteroatoms. The number of carbonyl (C=O) groups excluding carboxylic acids is 2. The van der Waals surface area contributed by atoms with Crippen molar-refractivity contribution in [3.8, 4) is 0 Å². The van der Waals surface area contributed by atoms with Crippen LogP contribution >= 0.6 is 0 Å². The van der Waals surface area contributed by atoms with Crippen molar-refractivity contribution in [2.45, 2.75) is 32.7 Å². The number of carbonyl (C=O) groups is 2. The molecule has 28 heavy (non-hydrogen) atoms. The molecule has 1 atom stereocenters. The van der Waals surface area contributed by atoms with E-state index < -0.39 is 35.1 Å². The minimum atomic E-state index is -1.03. The van der Waals surface area contributed by atoms with Crippen LogP contribution in [0.4, 0.5) is 8.78 Å². The number of hydrogen-bond acceptors (Lipinski definition) is 3. The number of benzene rings is 2. The summed E-state index contributed by atoms with van der Waals surface area (Å²) in [5.41, 5.74) is 0.441. The van der Waals surface area contributed by atoms with Gasteiger partial charge in [0.1, 0.15) is 17.4 Å². The molecule has 2 aromatic rings. The highest BCUT2D eigenvalue weighted by atomic mass is 19.1. The Morgan fingerprint density at radius 1 is 1.11 bits per heavy atom. The standard InChI is InChI=1S/C22H21F2NO3/c1-3-4-11-25-19(15-7-5-6-8-17(15)24)18(21(27)22(25)28)20(26)14-9-10-16(23)13(2)12-14/h5-10,12,19,26H,3-4,11H2,1-2H3/b20-18+. The molecule has 2 aromatic carbocycles. The van der Waals surface area contributed by atoms with Crippen LogP contribution in [0.1, 0.15) is 42.5 Å². The molecule has 1 amide bonds. The Labute approximate surface area is 162 Å². The number of aliphatic hydroxyl groups excluding tert-OH is 1. The summed E-state index contributed by atoms with van der Waals surface area (Å²) in [7, 11) is 0. The first-order valence-corrected chi connectivity index (χ1v) is 9.16. The zero-order valence-electron chi connectivity index (χ0n) is 15.7. The van der Waals surface area contributed by atoms with Gasteiger partial charge >= 0.3 is 0 Å². The van der Waals surface area contributed by atoms with Crippen LogP contribution in [0.5, 0.6) is 0 Å². The van der Waals surface area contributed by atoms with Gasteiger partial charge in [-0.25, -0.2) is 8.78 Å². The van der Waals surface area contributed by atoms with Gasteiger partial charge in [-0.2, -0.15) is 0 Å². The molecule has 0 bridgehead atoms. The quantitative estimate of drug-likeness (QED) is 0.469. The Morgan fingerprint density at radius 2 is 1.82 bits per heavy atom. The molecule has 146 valence electrons. The van der Waals surface area contributed by atoms with Gasteiger partial charge in [0, 0.05) is 17.7 Å². The Balaban J connectivity index is 2.20. The molecular formula is C22H21F2NO3. The van der Waals surface area contributed by atoms with Crippen LogP contribution in [0.2, 0.25) is 0 Å². The van der Waals surface area contributed by atoms with E-state index in [1.807, 2.05) is 6.92 Å². The van der Waals surface area contributed by atoms with E-state index in [0.717, 1.165) is 6.42 Å². The fraction of sp³-hybridized carbons (Fsp3) is 0.273. The molecule has 4 nitrogen and oxygen atoms in total. The first kappa shape index (κ1) is 19.7. The van der Waals surface area contributed by atoms with Crippen LogP contribution < -0.4 is 0 Å². The van der Waals surface area contributed by atoms with Crippen molar-refractivity contribution < 1.29 is 23.5 Å². The van der Waals surface area contributed by atoms with Gasteiger partial charge in [0.25, 0.3) is 11.7 Å². The van der Waals surface area contributed by atoms with E-state index in [1.165, 1.54) is 48.2 Å². The number of rotatable bonds is 5. The zero-order chi connectivity index (χ0) is 20.4. The second kappa shape index (κ2) is 7.92. The maximum absolute atomic E-state index is 14.5. The molecule has 1 heterocycles. The van der Waals surface area contributed by atoms with Gasteiger partial charge in [-0.1, -0.05) is 31.5 Å². The van der Waals surface area contributed by atoms with Gasteiger partial charge in [0.05, 0.1) is 11.6 Å². The van der Waals surface area contributed by atoms with Crippen LogP contribution in [-0.2, 0) is 9.59 Å². The second-order valence-electron chi connectivity index (χ2n) is 6.83. The molecule has 0 aromatic heterocycles. The van der Waals surface area contributed by atoms with E-state index >= 15 is 0 Å². The minimum absolute atomic E-state index is 0.137. The highest BCUT2D eigenvalue weighted by Crippen LogP contribution is 2.40. The zero-order valence-corrected chi connectivity index (χ0v) is 15.7. The molecule has 1 fully saturated rings. The summed E-state index contributed by atoms with van der Waals surface area (Å²) in [4.78, 5) is 26.7. The molecule has 1 saturated heterocycles. The first-order valence-electron chi connectivity index (χ1n) is 9.16. The lowest BCUT2D eigenvalue weighted by Crippen LogP contribution is -2.31. The molecule has 1 N–H and O–H groups in total. The lowest BCUT2D eigenvalue weighted by atomic mass is 9.94. The van der Waals surface area contributed by atoms with Crippen molar-refractivity contribution in [1.29, 1.82) is 0 Å². The van der Waals surface area contributed by atoms with Crippen molar-refractivity contribution in [3.05, 3.63) is 76.4 Å². The van der Waals surface area contributed by atoms with Crippen LogP contribution in [0, 0.1) is 18.6 Å². The number of nitrogens with zero attached hydrogens (tertiary/aromatic N) is 1. The summed E-state index contributed by atoms with van der Waals surface area (Å²) in [6.07, 6.45) is 1.41. The van der Waals surface area contributed by atoms with E-state index in [0.29, 0.717) is 6.42 Å². The average molecular weight is 385 g/mol. The van der Waals surface area contributed by atoms with Crippen molar-refractivity contribution in [3.63, 3.8) is 0 Å². The van der Waals surface area contributed by atoms with Crippen LogP contribution in [0.3, 0.4) is 0 Å². The van der Waals surface area contributed by atoms with Crippen molar-refractivity contribution >= 4 is 17.4 Å². The summed E-state index contributed by atoms with van der Waals surface area (Å²) in [5, 5.41) is 10.8. The summed E-state index contributed by atoms with van der Waals surface area (Å²) >= 11 is 0. The largest absolute Gasteiger partial charge is 0.507 e. The Hall–Kier alpha value is -3.02. The lowest BCUT2D eigenvalue weighted by Gasteiger charge is -2.25. The van der Waals surface area contributed by atoms with Crippen LogP contribution in [-0.4, -0.2) is 28.2 Å². The number of likely N-dealkylation sites (tertiary alicyclic amines) is 1. The van der Waals surface area contributed by atoms with Crippen molar-refractivity contribution in [1.82, 2.24) is 4.90 Å². The molecule has 0 saturated carbocycles. The Kier molecular flexibility index (Phi) is 5.58. The third-order valence-electron chi connectivity index (χ3n) is 4.92. The first-order chi connectivity index (χ1) is 13.4. The molecule has 0 spiro atoms. The van der Waals surface area contributed by atoms with Crippen LogP contribution in [0.15, 0.2) is 48.0 Å². The normalized spacial score (nSPS) is 18.7. The predicted molar refractivity (Wildman–Crippen MR) is 101 cm³/mol. The minimum Gasteiger partial charge on any atom is -0.507 e. The smallest absolute Gasteiger partial charge is 0.295 e. The van der Waals surface area contributed by atoms with E-state index in [9.17, 15) is 23.5 Å². The fourth-order valence-electron chi connectivity index (χ4n) is 3.41. The van der Waals surface area contributed by atoms with E-state index in [1.54, 1.807) is 6.07 Å². The van der Waals surface area contributed by atoms with Crippen LogP contribution in [0.25, 0.3) is 5.76 Å². The van der Waals surface area contributed by atoms with Crippen molar-refractivity contribution in [2.75, 3.05) is 6.54 Å². The second-order valence-corrected chi connectivity index (χ2v) is 6.83. The highest BCUT2D eigenvalue weighted by Gasteiger charge is 2.46. The summed E-state index contributed by atoms with van der Waals surface area (Å²) < 4.78 is 28.1. The van der Waals surface area contributed by atoms with Gasteiger partial charge < -0.3 is 10.0 Å². The number of aliphatic hydroxyl groups is 1. The van der Waals surface area contributed by atoms with Crippen molar-refractivity contribution in [2.24, 2.45) is 0 Å². The molecule has 1 unspecified atom stereocenters. The Morgan fingerprint density at radius 3 is 2.46 bits per heavy atom. The molecule has 3 rings (SSSR count). The summed E-state index contributed by atoms with van der Waals surface area (Å²) in [6.45, 7) is 3.73. The predicted octanol–water partition coefficient (Wildman–Crippen LogP) is 4.50. The van der Waals surface area contributed by atoms with Gasteiger partial charge in [-0.15, -0.1) is 0 Å². The molecule has 0 radical (unpaired) electrons. The number of unbranched alkanes of at least 4 members (excludes halogenated alkanes) is 1. The van der Waals surface area contributed by atoms with E-state index in [2.05, 4.69) is 0 Å². The van der Waals surface area contributed by atoms with Gasteiger partial charge in [-0.05, 0) is 43.2 Å². The third-order valence-corrected chi connectivity index (χ3v) is 4.92. The lowest BCUT2D eigenvalue weighted by molar-refractivity contribution is -0.139. The average Bonchev–Trinajstić information content (AvgIpc) is 2.92. The number of amides is 1. The third kappa shape index (κ3) is 3.42. The van der Waals surface area contributed by atoms with Gasteiger partial charge in [0.15, 0.2) is 0 Å². The fourth-order valence-corrected chi connectivity index (χ4v) is 3.41. The molecule has 0 aliphatic carbocycles. The van der Waals surface area contributed by atoms with E-state index in [4.69, 9.17) is 0 Å². The van der Waals surface area contributed by atoms with Gasteiger partial charge in [0.2, 0.25) is 0 Å². The monoisotopic (exact) mass is 385 g/mol.